The molecule has 9 nitrogen and oxygen atoms in total. The van der Waals surface area contributed by atoms with E-state index in [1.807, 2.05) is 38.1 Å². The lowest BCUT2D eigenvalue weighted by molar-refractivity contribution is -0.146. The number of piperidine rings is 1. The fraction of sp³-hybridized carbons (Fsp3) is 0.625. The van der Waals surface area contributed by atoms with Crippen molar-refractivity contribution >= 4 is 35.9 Å². The minimum Gasteiger partial charge on any atom is -0.466 e. The van der Waals surface area contributed by atoms with Crippen molar-refractivity contribution in [2.45, 2.75) is 32.7 Å². The van der Waals surface area contributed by atoms with E-state index < -0.39 is 0 Å². The van der Waals surface area contributed by atoms with E-state index in [0.29, 0.717) is 26.2 Å². The van der Waals surface area contributed by atoms with E-state index in [1.54, 1.807) is 0 Å². The average molecular weight is 496 g/mol. The number of carbonyl (C=O) groups is 2. The number of benzene rings is 1. The summed E-state index contributed by atoms with van der Waals surface area (Å²) in [7, 11) is 0. The third kappa shape index (κ3) is 7.58. The van der Waals surface area contributed by atoms with E-state index in [4.69, 9.17) is 20.6 Å². The fourth-order valence-corrected chi connectivity index (χ4v) is 4.91. The van der Waals surface area contributed by atoms with Gasteiger partial charge in [0.25, 0.3) is 0 Å². The van der Waals surface area contributed by atoms with Gasteiger partial charge in [0.15, 0.2) is 0 Å². The van der Waals surface area contributed by atoms with Gasteiger partial charge in [0.05, 0.1) is 26.2 Å². The van der Waals surface area contributed by atoms with Gasteiger partial charge in [-0.1, -0.05) is 0 Å². The second-order valence-corrected chi connectivity index (χ2v) is 8.65. The first-order chi connectivity index (χ1) is 15.9. The number of carbonyl (C=O) groups excluding carboxylic acids is 2. The van der Waals surface area contributed by atoms with Gasteiger partial charge in [-0.25, -0.2) is 0 Å². The van der Waals surface area contributed by atoms with Crippen molar-refractivity contribution < 1.29 is 19.1 Å². The molecule has 190 valence electrons. The highest BCUT2D eigenvalue weighted by Crippen LogP contribution is 2.28. The maximum Gasteiger partial charge on any atom is 0.320 e. The lowest BCUT2D eigenvalue weighted by atomic mass is 9.87. The monoisotopic (exact) mass is 495 g/mol. The van der Waals surface area contributed by atoms with Gasteiger partial charge in [0.2, 0.25) is 0 Å². The summed E-state index contributed by atoms with van der Waals surface area (Å²) in [5, 5.41) is 7.55. The maximum atomic E-state index is 12.3. The molecule has 2 fully saturated rings. The van der Waals surface area contributed by atoms with Crippen molar-refractivity contribution in [3.63, 3.8) is 0 Å². The van der Waals surface area contributed by atoms with Crippen molar-refractivity contribution in [2.75, 3.05) is 63.9 Å². The Morgan fingerprint density at radius 2 is 1.62 bits per heavy atom. The quantitative estimate of drug-likeness (QED) is 0.302. The van der Waals surface area contributed by atoms with Crippen LogP contribution in [0.2, 0.25) is 0 Å². The molecular formula is C24H38ClN5O4. The van der Waals surface area contributed by atoms with Gasteiger partial charge >= 0.3 is 11.9 Å². The number of hydrogen-bond donors (Lipinski definition) is 2. The molecule has 0 aliphatic carbocycles. The van der Waals surface area contributed by atoms with Crippen LogP contribution in [0.25, 0.3) is 0 Å². The Hall–Kier alpha value is -2.36. The van der Waals surface area contributed by atoms with E-state index in [0.717, 1.165) is 50.4 Å². The highest BCUT2D eigenvalue weighted by molar-refractivity contribution is 5.95. The normalized spacial score (nSPS) is 21.4. The highest BCUT2D eigenvalue weighted by atomic mass is 35.5. The maximum absolute atomic E-state index is 12.3. The number of amidine groups is 1. The molecule has 34 heavy (non-hydrogen) atoms. The second kappa shape index (κ2) is 13.5. The lowest BCUT2D eigenvalue weighted by Gasteiger charge is -2.46. The van der Waals surface area contributed by atoms with Gasteiger partial charge in [-0.3, -0.25) is 24.8 Å². The molecule has 10 heteroatoms. The minimum atomic E-state index is -0.213. The summed E-state index contributed by atoms with van der Waals surface area (Å²) >= 11 is 0. The van der Waals surface area contributed by atoms with Crippen LogP contribution >= 0.6 is 12.4 Å². The van der Waals surface area contributed by atoms with Crippen LogP contribution in [0.15, 0.2) is 24.3 Å². The first-order valence-corrected chi connectivity index (χ1v) is 11.9. The van der Waals surface area contributed by atoms with E-state index in [1.165, 1.54) is 0 Å². The molecule has 2 aliphatic heterocycles. The molecule has 3 rings (SSSR count). The molecular weight excluding hydrogens is 458 g/mol. The Morgan fingerprint density at radius 3 is 2.21 bits per heavy atom. The SMILES string of the molecule is CCOC(=O)C[C@@H]1CN(CC(=O)OCC)CC[C@@H]1N1CCN(c2ccc(C(=N)N)cc2)CC1.Cl. The number of rotatable bonds is 9. The van der Waals surface area contributed by atoms with E-state index >= 15 is 0 Å². The molecule has 0 saturated carbocycles. The lowest BCUT2D eigenvalue weighted by Crippen LogP contribution is -2.57. The smallest absolute Gasteiger partial charge is 0.320 e. The minimum absolute atomic E-state index is 0. The number of hydrogen-bond acceptors (Lipinski definition) is 8. The summed E-state index contributed by atoms with van der Waals surface area (Å²) in [6.45, 7) is 9.79. The van der Waals surface area contributed by atoms with Crippen molar-refractivity contribution in [1.82, 2.24) is 9.80 Å². The van der Waals surface area contributed by atoms with Gasteiger partial charge in [-0.05, 0) is 50.5 Å². The van der Waals surface area contributed by atoms with Gasteiger partial charge in [-0.2, -0.15) is 0 Å². The largest absolute Gasteiger partial charge is 0.466 e. The van der Waals surface area contributed by atoms with Crippen LogP contribution < -0.4 is 10.6 Å². The van der Waals surface area contributed by atoms with Gasteiger partial charge in [-0.15, -0.1) is 12.4 Å². The van der Waals surface area contributed by atoms with Crippen molar-refractivity contribution in [3.8, 4) is 0 Å². The molecule has 0 radical (unpaired) electrons. The van der Waals surface area contributed by atoms with Crippen LogP contribution in [0.3, 0.4) is 0 Å². The number of likely N-dealkylation sites (tertiary alicyclic amines) is 1. The summed E-state index contributed by atoms with van der Waals surface area (Å²) in [6.07, 6.45) is 1.28. The Labute approximate surface area is 208 Å². The molecule has 2 aliphatic rings. The summed E-state index contributed by atoms with van der Waals surface area (Å²) in [4.78, 5) is 31.2. The molecule has 1 aromatic rings. The first-order valence-electron chi connectivity index (χ1n) is 11.9. The Kier molecular flexibility index (Phi) is 11.1. The zero-order valence-corrected chi connectivity index (χ0v) is 21.0. The van der Waals surface area contributed by atoms with E-state index in [9.17, 15) is 9.59 Å². The number of nitrogens with two attached hydrogens (primary N) is 1. The Bertz CT molecular complexity index is 814. The summed E-state index contributed by atoms with van der Waals surface area (Å²) in [6, 6.07) is 8.10. The Balaban J connectivity index is 0.00000408. The van der Waals surface area contributed by atoms with E-state index in [-0.39, 0.29) is 48.7 Å². The summed E-state index contributed by atoms with van der Waals surface area (Å²) in [5.74, 6) is -0.188. The van der Waals surface area contributed by atoms with Crippen molar-refractivity contribution in [3.05, 3.63) is 29.8 Å². The molecule has 3 N–H and O–H groups in total. The summed E-state index contributed by atoms with van der Waals surface area (Å²) < 4.78 is 10.3. The van der Waals surface area contributed by atoms with Crippen LogP contribution in [0.5, 0.6) is 0 Å². The molecule has 0 amide bonds. The third-order valence-corrected chi connectivity index (χ3v) is 6.50. The zero-order chi connectivity index (χ0) is 23.8. The highest BCUT2D eigenvalue weighted by Gasteiger charge is 2.36. The Morgan fingerprint density at radius 1 is 1.00 bits per heavy atom. The molecule has 2 heterocycles. The van der Waals surface area contributed by atoms with Crippen LogP contribution in [0, 0.1) is 11.3 Å². The molecule has 2 saturated heterocycles. The number of esters is 2. The van der Waals surface area contributed by atoms with Gasteiger partial charge in [0, 0.05) is 56.6 Å². The third-order valence-electron chi connectivity index (χ3n) is 6.50. The predicted octanol–water partition coefficient (Wildman–Crippen LogP) is 1.72. The van der Waals surface area contributed by atoms with Gasteiger partial charge < -0.3 is 20.1 Å². The number of ether oxygens (including phenoxy) is 2. The van der Waals surface area contributed by atoms with Crippen LogP contribution in [-0.2, 0) is 19.1 Å². The van der Waals surface area contributed by atoms with Crippen LogP contribution in [0.4, 0.5) is 5.69 Å². The number of piperazine rings is 1. The molecule has 1 aromatic carbocycles. The first kappa shape index (κ1) is 27.9. The van der Waals surface area contributed by atoms with Crippen LogP contribution in [0.1, 0.15) is 32.3 Å². The molecule has 0 unspecified atom stereocenters. The molecule has 0 bridgehead atoms. The van der Waals surface area contributed by atoms with Crippen molar-refractivity contribution in [1.29, 1.82) is 5.41 Å². The zero-order valence-electron chi connectivity index (χ0n) is 20.2. The molecule has 0 spiro atoms. The topological polar surface area (TPSA) is 112 Å². The number of nitrogens with zero attached hydrogens (tertiary/aromatic N) is 3. The van der Waals surface area contributed by atoms with E-state index in [2.05, 4.69) is 14.7 Å². The average Bonchev–Trinajstić information content (AvgIpc) is 2.80. The predicted molar refractivity (Wildman–Crippen MR) is 135 cm³/mol. The number of nitrogen functional groups attached to an aromatic ring is 1. The molecule has 0 aromatic heterocycles. The standard InChI is InChI=1S/C24H37N5O4.ClH/c1-3-32-22(30)15-19-16-27(17-23(31)33-4-2)10-9-21(19)29-13-11-28(12-14-29)20-7-5-18(6-8-20)24(25)26;/h5-8,19,21H,3-4,9-17H2,1-2H3,(H3,25,26);1H/t19-,21+;/m1./s1. The van der Waals surface area contributed by atoms with Crippen LogP contribution in [-0.4, -0.2) is 92.6 Å². The second-order valence-electron chi connectivity index (χ2n) is 8.65. The number of anilines is 1. The fourth-order valence-electron chi connectivity index (χ4n) is 4.91. The number of halogens is 1. The van der Waals surface area contributed by atoms with Crippen molar-refractivity contribution in [2.24, 2.45) is 11.7 Å². The number of nitrogens with one attached hydrogen (secondary N) is 1. The molecule has 2 atom stereocenters. The summed E-state index contributed by atoms with van der Waals surface area (Å²) in [5.41, 5.74) is 7.42. The van der Waals surface area contributed by atoms with Gasteiger partial charge in [0.1, 0.15) is 5.84 Å².